The number of methoxy groups -OCH3 is 2. The van der Waals surface area contributed by atoms with Gasteiger partial charge in [0.25, 0.3) is 11.8 Å². The molecule has 1 atom stereocenters. The van der Waals surface area contributed by atoms with Crippen LogP contribution in [0.5, 0.6) is 11.5 Å². The van der Waals surface area contributed by atoms with Gasteiger partial charge in [-0.2, -0.15) is 0 Å². The van der Waals surface area contributed by atoms with Gasteiger partial charge in [-0.3, -0.25) is 19.3 Å². The van der Waals surface area contributed by atoms with E-state index >= 15 is 0 Å². The van der Waals surface area contributed by atoms with Crippen molar-refractivity contribution in [3.63, 3.8) is 0 Å². The van der Waals surface area contributed by atoms with E-state index in [1.165, 1.54) is 24.0 Å². The Bertz CT molecular complexity index is 1060. The molecule has 2 aliphatic heterocycles. The lowest BCUT2D eigenvalue weighted by Crippen LogP contribution is -2.51. The number of amides is 3. The number of benzene rings is 2. The highest BCUT2D eigenvalue weighted by Gasteiger charge is 2.49. The molecule has 0 spiro atoms. The van der Waals surface area contributed by atoms with Crippen molar-refractivity contribution in [2.45, 2.75) is 6.17 Å². The van der Waals surface area contributed by atoms with E-state index in [1.54, 1.807) is 42.5 Å². The minimum Gasteiger partial charge on any atom is -0.493 e. The Labute approximate surface area is 173 Å². The summed E-state index contributed by atoms with van der Waals surface area (Å²) in [5, 5.41) is 2.68. The number of anilines is 1. The molecule has 1 N–H and O–H groups in total. The van der Waals surface area contributed by atoms with E-state index in [0.29, 0.717) is 33.9 Å². The van der Waals surface area contributed by atoms with Crippen LogP contribution in [0.1, 0.15) is 32.4 Å². The zero-order valence-corrected chi connectivity index (χ0v) is 16.7. The van der Waals surface area contributed by atoms with Crippen LogP contribution in [-0.2, 0) is 4.79 Å². The molecule has 3 amide bonds. The van der Waals surface area contributed by atoms with Gasteiger partial charge in [-0.1, -0.05) is 24.3 Å². The third kappa shape index (κ3) is 2.80. The first-order valence-electron chi connectivity index (χ1n) is 9.39. The van der Waals surface area contributed by atoms with Gasteiger partial charge in [-0.25, -0.2) is 0 Å². The number of carbonyl (C=O) groups excluding carboxylic acids is 3. The number of hydrogen-bond acceptors (Lipinski definition) is 5. The zero-order chi connectivity index (χ0) is 21.4. The first-order valence-corrected chi connectivity index (χ1v) is 9.39. The number of carbonyl (C=O) groups is 3. The summed E-state index contributed by atoms with van der Waals surface area (Å²) in [6.07, 6.45) is 0.799. The molecule has 4 rings (SSSR count). The Balaban J connectivity index is 1.88. The van der Waals surface area contributed by atoms with Crippen LogP contribution < -0.4 is 19.7 Å². The normalized spacial score (nSPS) is 16.5. The molecule has 8 heteroatoms. The van der Waals surface area contributed by atoms with Crippen LogP contribution in [0, 0.1) is 0 Å². The van der Waals surface area contributed by atoms with Crippen LogP contribution in [0.4, 0.5) is 5.69 Å². The number of nitrogens with zero attached hydrogens (tertiary/aromatic N) is 2. The molecule has 0 radical (unpaired) electrons. The highest BCUT2D eigenvalue weighted by molar-refractivity contribution is 6.18. The van der Waals surface area contributed by atoms with Gasteiger partial charge >= 0.3 is 0 Å². The molecule has 0 bridgehead atoms. The van der Waals surface area contributed by atoms with Crippen LogP contribution in [-0.4, -0.2) is 49.9 Å². The number of hydrogen-bond donors (Lipinski definition) is 1. The molecule has 0 saturated heterocycles. The van der Waals surface area contributed by atoms with E-state index in [0.717, 1.165) is 0 Å². The van der Waals surface area contributed by atoms with Gasteiger partial charge in [0.15, 0.2) is 11.5 Å². The zero-order valence-electron chi connectivity index (χ0n) is 16.7. The largest absolute Gasteiger partial charge is 0.493 e. The minimum absolute atomic E-state index is 0.205. The second-order valence-corrected chi connectivity index (χ2v) is 6.86. The second kappa shape index (κ2) is 7.55. The summed E-state index contributed by atoms with van der Waals surface area (Å²) < 4.78 is 10.8. The molecular weight excluding hydrogens is 386 g/mol. The number of nitrogens with one attached hydrogen (secondary N) is 1. The SMILES string of the molecule is C=CCNC(=O)CN1C(=O)c2ccccc2N2C(=O)c3c(ccc(OC)c3OC)[C@H]12. The maximum Gasteiger partial charge on any atom is 0.264 e. The Morgan fingerprint density at radius 3 is 2.60 bits per heavy atom. The molecule has 0 saturated carbocycles. The van der Waals surface area contributed by atoms with Crippen molar-refractivity contribution >= 4 is 23.4 Å². The van der Waals surface area contributed by atoms with Gasteiger partial charge in [-0.15, -0.1) is 6.58 Å². The first-order chi connectivity index (χ1) is 14.5. The molecule has 2 aliphatic rings. The summed E-state index contributed by atoms with van der Waals surface area (Å²) in [4.78, 5) is 42.1. The van der Waals surface area contributed by atoms with Crippen LogP contribution in [0.2, 0.25) is 0 Å². The lowest BCUT2D eigenvalue weighted by molar-refractivity contribution is -0.122. The van der Waals surface area contributed by atoms with Gasteiger partial charge in [0.2, 0.25) is 5.91 Å². The van der Waals surface area contributed by atoms with Crippen molar-refractivity contribution in [1.82, 2.24) is 10.2 Å². The van der Waals surface area contributed by atoms with Crippen LogP contribution in [0.3, 0.4) is 0 Å². The molecule has 30 heavy (non-hydrogen) atoms. The van der Waals surface area contributed by atoms with Crippen molar-refractivity contribution < 1.29 is 23.9 Å². The van der Waals surface area contributed by atoms with E-state index in [9.17, 15) is 14.4 Å². The van der Waals surface area contributed by atoms with E-state index in [1.807, 2.05) is 0 Å². The third-order valence-corrected chi connectivity index (χ3v) is 5.24. The lowest BCUT2D eigenvalue weighted by Gasteiger charge is -2.40. The number of ether oxygens (including phenoxy) is 2. The summed E-state index contributed by atoms with van der Waals surface area (Å²) in [5.74, 6) is -0.267. The number of para-hydroxylation sites is 1. The highest BCUT2D eigenvalue weighted by atomic mass is 16.5. The fraction of sp³-hybridized carbons (Fsp3) is 0.227. The van der Waals surface area contributed by atoms with E-state index in [-0.39, 0.29) is 30.8 Å². The summed E-state index contributed by atoms with van der Waals surface area (Å²) in [5.41, 5.74) is 1.76. The standard InChI is InChI=1S/C22H21N3O5/c1-4-11-23-17(26)12-24-20-14-9-10-16(29-2)19(30-3)18(14)22(28)25(20)15-8-6-5-7-13(15)21(24)27/h4-10,20H,1,11-12H2,2-3H3,(H,23,26)/t20-/m1/s1. The summed E-state index contributed by atoms with van der Waals surface area (Å²) >= 11 is 0. The maximum absolute atomic E-state index is 13.5. The molecule has 0 aromatic heterocycles. The number of rotatable bonds is 6. The predicted octanol–water partition coefficient (Wildman–Crippen LogP) is 2.12. The molecule has 2 aromatic carbocycles. The van der Waals surface area contributed by atoms with Crippen molar-refractivity contribution in [3.05, 3.63) is 65.7 Å². The minimum atomic E-state index is -0.760. The fourth-order valence-corrected chi connectivity index (χ4v) is 3.98. The van der Waals surface area contributed by atoms with E-state index < -0.39 is 6.17 Å². The molecule has 2 heterocycles. The monoisotopic (exact) mass is 407 g/mol. The van der Waals surface area contributed by atoms with Gasteiger partial charge in [0, 0.05) is 12.1 Å². The smallest absolute Gasteiger partial charge is 0.264 e. The van der Waals surface area contributed by atoms with Gasteiger partial charge in [0.05, 0.1) is 31.0 Å². The molecular formula is C22H21N3O5. The number of fused-ring (bicyclic) bond motifs is 5. The molecule has 0 unspecified atom stereocenters. The lowest BCUT2D eigenvalue weighted by atomic mass is 10.0. The van der Waals surface area contributed by atoms with Crippen LogP contribution >= 0.6 is 0 Å². The molecule has 8 nitrogen and oxygen atoms in total. The molecule has 2 aromatic rings. The van der Waals surface area contributed by atoms with Crippen molar-refractivity contribution in [1.29, 1.82) is 0 Å². The Morgan fingerprint density at radius 2 is 1.90 bits per heavy atom. The molecule has 154 valence electrons. The van der Waals surface area contributed by atoms with Gasteiger partial charge in [0.1, 0.15) is 12.7 Å². The topological polar surface area (TPSA) is 88.2 Å². The highest BCUT2D eigenvalue weighted by Crippen LogP contribution is 2.49. The average molecular weight is 407 g/mol. The average Bonchev–Trinajstić information content (AvgIpc) is 3.07. The van der Waals surface area contributed by atoms with Crippen LogP contribution in [0.15, 0.2) is 49.1 Å². The fourth-order valence-electron chi connectivity index (χ4n) is 3.98. The summed E-state index contributed by atoms with van der Waals surface area (Å²) in [7, 11) is 2.95. The van der Waals surface area contributed by atoms with Crippen molar-refractivity contribution in [2.24, 2.45) is 0 Å². The third-order valence-electron chi connectivity index (χ3n) is 5.24. The van der Waals surface area contributed by atoms with Crippen molar-refractivity contribution in [3.8, 4) is 11.5 Å². The van der Waals surface area contributed by atoms with Gasteiger partial charge in [-0.05, 0) is 18.2 Å². The first kappa shape index (κ1) is 19.5. The summed E-state index contributed by atoms with van der Waals surface area (Å²) in [6.45, 7) is 3.66. The van der Waals surface area contributed by atoms with E-state index in [4.69, 9.17) is 9.47 Å². The Kier molecular flexibility index (Phi) is 4.91. The predicted molar refractivity (Wildman–Crippen MR) is 110 cm³/mol. The Hall–Kier alpha value is -3.81. The molecule has 0 aliphatic carbocycles. The van der Waals surface area contributed by atoms with Crippen molar-refractivity contribution in [2.75, 3.05) is 32.2 Å². The van der Waals surface area contributed by atoms with Crippen LogP contribution in [0.25, 0.3) is 0 Å². The second-order valence-electron chi connectivity index (χ2n) is 6.86. The summed E-state index contributed by atoms with van der Waals surface area (Å²) in [6, 6.07) is 10.3. The maximum atomic E-state index is 13.5. The van der Waals surface area contributed by atoms with E-state index in [2.05, 4.69) is 11.9 Å². The Morgan fingerprint density at radius 1 is 1.13 bits per heavy atom. The van der Waals surface area contributed by atoms with Gasteiger partial charge < -0.3 is 19.7 Å². The molecule has 0 fully saturated rings. The quantitative estimate of drug-likeness (QED) is 0.741.